The van der Waals surface area contributed by atoms with E-state index >= 15 is 0 Å². The molecule has 0 bridgehead atoms. The van der Waals surface area contributed by atoms with Gasteiger partial charge in [0.25, 0.3) is 0 Å². The Labute approximate surface area is 91.2 Å². The largest absolute Gasteiger partial charge is 0.353 e. The van der Waals surface area contributed by atoms with E-state index < -0.39 is 0 Å². The van der Waals surface area contributed by atoms with E-state index in [1.165, 1.54) is 12.8 Å². The van der Waals surface area contributed by atoms with Crippen molar-refractivity contribution in [1.82, 2.24) is 10.2 Å². The second kappa shape index (κ2) is 5.72. The molecule has 4 heteroatoms. The number of nitrogens with zero attached hydrogens (tertiary/aromatic N) is 2. The summed E-state index contributed by atoms with van der Waals surface area (Å²) in [6, 6.07) is 2.85. The van der Waals surface area contributed by atoms with Gasteiger partial charge >= 0.3 is 0 Å². The first-order valence-electron chi connectivity index (χ1n) is 5.54. The molecule has 1 saturated carbocycles. The summed E-state index contributed by atoms with van der Waals surface area (Å²) in [5.74, 6) is 0.0647. The van der Waals surface area contributed by atoms with Crippen LogP contribution in [0.25, 0.3) is 0 Å². The van der Waals surface area contributed by atoms with Gasteiger partial charge in [0.15, 0.2) is 0 Å². The third-order valence-corrected chi connectivity index (χ3v) is 2.37. The van der Waals surface area contributed by atoms with Gasteiger partial charge in [-0.3, -0.25) is 9.69 Å². The maximum Gasteiger partial charge on any atom is 0.234 e. The van der Waals surface area contributed by atoms with Gasteiger partial charge in [0, 0.05) is 25.0 Å². The zero-order chi connectivity index (χ0) is 11.3. The van der Waals surface area contributed by atoms with Crippen molar-refractivity contribution >= 4 is 5.91 Å². The van der Waals surface area contributed by atoms with Gasteiger partial charge in [-0.1, -0.05) is 0 Å². The topological polar surface area (TPSA) is 56.1 Å². The lowest BCUT2D eigenvalue weighted by Gasteiger charge is -2.20. The molecular weight excluding hydrogens is 190 g/mol. The van der Waals surface area contributed by atoms with Crippen molar-refractivity contribution in [1.29, 1.82) is 5.26 Å². The summed E-state index contributed by atoms with van der Waals surface area (Å²) in [5, 5.41) is 11.4. The molecule has 0 unspecified atom stereocenters. The standard InChI is InChI=1S/C11H19N3O/c1-9(2)13-11(15)8-14(7-3-6-12)10-4-5-10/h9-10H,3-5,7-8H2,1-2H3,(H,13,15). The molecule has 0 aromatic heterocycles. The van der Waals surface area contributed by atoms with Crippen LogP contribution >= 0.6 is 0 Å². The number of amides is 1. The maximum absolute atomic E-state index is 11.5. The third kappa shape index (κ3) is 4.80. The first-order valence-corrected chi connectivity index (χ1v) is 5.54. The Kier molecular flexibility index (Phi) is 4.57. The molecule has 84 valence electrons. The summed E-state index contributed by atoms with van der Waals surface area (Å²) in [5.41, 5.74) is 0. The fourth-order valence-electron chi connectivity index (χ4n) is 1.58. The Balaban J connectivity index is 2.30. The highest BCUT2D eigenvalue weighted by atomic mass is 16.2. The van der Waals surface area contributed by atoms with Gasteiger partial charge in [-0.05, 0) is 26.7 Å². The highest BCUT2D eigenvalue weighted by molar-refractivity contribution is 5.78. The molecule has 0 spiro atoms. The van der Waals surface area contributed by atoms with Gasteiger partial charge in [0.2, 0.25) is 5.91 Å². The Morgan fingerprint density at radius 3 is 2.73 bits per heavy atom. The Morgan fingerprint density at radius 1 is 1.60 bits per heavy atom. The van der Waals surface area contributed by atoms with E-state index in [1.807, 2.05) is 13.8 Å². The summed E-state index contributed by atoms with van der Waals surface area (Å²) in [4.78, 5) is 13.6. The van der Waals surface area contributed by atoms with Crippen molar-refractivity contribution in [3.05, 3.63) is 0 Å². The van der Waals surface area contributed by atoms with Crippen LogP contribution in [0.5, 0.6) is 0 Å². The summed E-state index contributed by atoms with van der Waals surface area (Å²) in [6.45, 7) is 5.06. The van der Waals surface area contributed by atoms with Crippen LogP contribution in [0.4, 0.5) is 0 Å². The lowest BCUT2D eigenvalue weighted by molar-refractivity contribution is -0.122. The fourth-order valence-corrected chi connectivity index (χ4v) is 1.58. The van der Waals surface area contributed by atoms with Crippen LogP contribution in [0, 0.1) is 11.3 Å². The monoisotopic (exact) mass is 209 g/mol. The molecule has 1 N–H and O–H groups in total. The molecule has 4 nitrogen and oxygen atoms in total. The second-order valence-corrected chi connectivity index (χ2v) is 4.33. The molecule has 1 amide bonds. The van der Waals surface area contributed by atoms with Crippen molar-refractivity contribution in [2.75, 3.05) is 13.1 Å². The van der Waals surface area contributed by atoms with Gasteiger partial charge in [0.05, 0.1) is 12.6 Å². The minimum Gasteiger partial charge on any atom is -0.353 e. The predicted molar refractivity (Wildman–Crippen MR) is 58.1 cm³/mol. The third-order valence-electron chi connectivity index (χ3n) is 2.37. The zero-order valence-electron chi connectivity index (χ0n) is 9.49. The average Bonchev–Trinajstić information content (AvgIpc) is 2.93. The van der Waals surface area contributed by atoms with Crippen molar-refractivity contribution in [2.45, 2.75) is 45.2 Å². The zero-order valence-corrected chi connectivity index (χ0v) is 9.49. The first-order chi connectivity index (χ1) is 7.13. The van der Waals surface area contributed by atoms with Crippen LogP contribution in [-0.2, 0) is 4.79 Å². The summed E-state index contributed by atoms with van der Waals surface area (Å²) in [6.07, 6.45) is 2.84. The van der Waals surface area contributed by atoms with Crippen molar-refractivity contribution in [3.63, 3.8) is 0 Å². The Bertz CT molecular complexity index is 253. The van der Waals surface area contributed by atoms with Crippen LogP contribution < -0.4 is 5.32 Å². The number of hydrogen-bond acceptors (Lipinski definition) is 3. The predicted octanol–water partition coefficient (Wildman–Crippen LogP) is 0.889. The maximum atomic E-state index is 11.5. The molecule has 0 aliphatic heterocycles. The van der Waals surface area contributed by atoms with E-state index in [1.54, 1.807) is 0 Å². The second-order valence-electron chi connectivity index (χ2n) is 4.33. The van der Waals surface area contributed by atoms with Crippen LogP contribution in [-0.4, -0.2) is 36.0 Å². The number of rotatable bonds is 6. The van der Waals surface area contributed by atoms with Crippen LogP contribution in [0.1, 0.15) is 33.1 Å². The highest BCUT2D eigenvalue weighted by Crippen LogP contribution is 2.26. The van der Waals surface area contributed by atoms with E-state index in [0.29, 0.717) is 25.6 Å². The van der Waals surface area contributed by atoms with E-state index in [-0.39, 0.29) is 11.9 Å². The molecule has 0 aromatic carbocycles. The number of carbonyl (C=O) groups is 1. The Hall–Kier alpha value is -1.08. The van der Waals surface area contributed by atoms with Gasteiger partial charge in [0.1, 0.15) is 0 Å². The molecule has 1 aliphatic rings. The number of nitrogens with one attached hydrogen (secondary N) is 1. The SMILES string of the molecule is CC(C)NC(=O)CN(CCC#N)C1CC1. The van der Waals surface area contributed by atoms with Crippen LogP contribution in [0.15, 0.2) is 0 Å². The quantitative estimate of drug-likeness (QED) is 0.706. The fraction of sp³-hybridized carbons (Fsp3) is 0.818. The van der Waals surface area contributed by atoms with Crippen molar-refractivity contribution < 1.29 is 4.79 Å². The molecule has 1 aliphatic carbocycles. The summed E-state index contributed by atoms with van der Waals surface area (Å²) in [7, 11) is 0. The van der Waals surface area contributed by atoms with Crippen LogP contribution in [0.3, 0.4) is 0 Å². The minimum absolute atomic E-state index is 0.0647. The minimum atomic E-state index is 0.0647. The average molecular weight is 209 g/mol. The molecule has 0 saturated heterocycles. The normalized spacial score (nSPS) is 15.4. The smallest absolute Gasteiger partial charge is 0.234 e. The van der Waals surface area contributed by atoms with Crippen molar-refractivity contribution in [2.24, 2.45) is 0 Å². The molecule has 0 aromatic rings. The van der Waals surface area contributed by atoms with Gasteiger partial charge < -0.3 is 5.32 Å². The molecule has 1 fully saturated rings. The molecule has 0 atom stereocenters. The van der Waals surface area contributed by atoms with Crippen LogP contribution in [0.2, 0.25) is 0 Å². The highest BCUT2D eigenvalue weighted by Gasteiger charge is 2.29. The van der Waals surface area contributed by atoms with E-state index in [9.17, 15) is 4.79 Å². The van der Waals surface area contributed by atoms with E-state index in [4.69, 9.17) is 5.26 Å². The van der Waals surface area contributed by atoms with Gasteiger partial charge in [-0.15, -0.1) is 0 Å². The Morgan fingerprint density at radius 2 is 2.27 bits per heavy atom. The summed E-state index contributed by atoms with van der Waals surface area (Å²) < 4.78 is 0. The van der Waals surface area contributed by atoms with E-state index in [2.05, 4.69) is 16.3 Å². The molecule has 1 rings (SSSR count). The first kappa shape index (κ1) is 12.0. The molecule has 0 heterocycles. The lowest BCUT2D eigenvalue weighted by Crippen LogP contribution is -2.41. The molecular formula is C11H19N3O. The van der Waals surface area contributed by atoms with E-state index in [0.717, 1.165) is 0 Å². The lowest BCUT2D eigenvalue weighted by atomic mass is 10.3. The van der Waals surface area contributed by atoms with Gasteiger partial charge in [-0.2, -0.15) is 5.26 Å². The molecule has 0 radical (unpaired) electrons. The number of carbonyl (C=O) groups excluding carboxylic acids is 1. The molecule has 15 heavy (non-hydrogen) atoms. The number of hydrogen-bond donors (Lipinski definition) is 1. The van der Waals surface area contributed by atoms with Gasteiger partial charge in [-0.25, -0.2) is 0 Å². The van der Waals surface area contributed by atoms with Crippen molar-refractivity contribution in [3.8, 4) is 6.07 Å². The summed E-state index contributed by atoms with van der Waals surface area (Å²) >= 11 is 0. The number of nitriles is 1.